The van der Waals surface area contributed by atoms with E-state index in [-0.39, 0.29) is 18.3 Å². The van der Waals surface area contributed by atoms with E-state index in [0.29, 0.717) is 23.7 Å². The smallest absolute Gasteiger partial charge is 0.251 e. The molecule has 0 fully saturated rings. The molecule has 0 aromatic heterocycles. The summed E-state index contributed by atoms with van der Waals surface area (Å²) in [5, 5.41) is 2.87. The molecule has 1 amide bonds. The van der Waals surface area contributed by atoms with E-state index in [4.69, 9.17) is 5.73 Å². The Morgan fingerprint density at radius 3 is 2.62 bits per heavy atom. The number of hydrogen-bond acceptors (Lipinski definition) is 2. The zero-order chi connectivity index (χ0) is 11.4. The van der Waals surface area contributed by atoms with Crippen molar-refractivity contribution in [3.63, 3.8) is 0 Å². The highest BCUT2D eigenvalue weighted by Crippen LogP contribution is 2.12. The number of benzene rings is 1. The number of amides is 1. The summed E-state index contributed by atoms with van der Waals surface area (Å²) in [6.45, 7) is 6.72. The Balaban J connectivity index is 0.00000225. The van der Waals surface area contributed by atoms with Gasteiger partial charge in [0.2, 0.25) is 0 Å². The molecule has 0 bridgehead atoms. The van der Waals surface area contributed by atoms with Gasteiger partial charge in [-0.3, -0.25) is 4.79 Å². The average Bonchev–Trinajstić information content (AvgIpc) is 2.18. The SMILES string of the molecule is Cc1ccc(N)cc1C(=O)NCC(C)C.Cl. The fourth-order valence-electron chi connectivity index (χ4n) is 1.28. The summed E-state index contributed by atoms with van der Waals surface area (Å²) < 4.78 is 0. The van der Waals surface area contributed by atoms with E-state index in [2.05, 4.69) is 19.2 Å². The standard InChI is InChI=1S/C12H18N2O.ClH/c1-8(2)7-14-12(15)11-6-10(13)5-4-9(11)3;/h4-6,8H,7,13H2,1-3H3,(H,14,15);1H. The van der Waals surface area contributed by atoms with Gasteiger partial charge in [-0.15, -0.1) is 12.4 Å². The van der Waals surface area contributed by atoms with Crippen LogP contribution in [0.3, 0.4) is 0 Å². The van der Waals surface area contributed by atoms with Crippen LogP contribution in [0, 0.1) is 12.8 Å². The third kappa shape index (κ3) is 4.11. The van der Waals surface area contributed by atoms with Crippen molar-refractivity contribution < 1.29 is 4.79 Å². The number of rotatable bonds is 3. The van der Waals surface area contributed by atoms with Gasteiger partial charge in [-0.05, 0) is 30.5 Å². The summed E-state index contributed by atoms with van der Waals surface area (Å²) in [5.74, 6) is 0.406. The third-order valence-corrected chi connectivity index (χ3v) is 2.18. The molecular weight excluding hydrogens is 224 g/mol. The predicted molar refractivity (Wildman–Crippen MR) is 70.0 cm³/mol. The van der Waals surface area contributed by atoms with Gasteiger partial charge >= 0.3 is 0 Å². The largest absolute Gasteiger partial charge is 0.399 e. The quantitative estimate of drug-likeness (QED) is 0.800. The molecule has 90 valence electrons. The number of anilines is 1. The number of halogens is 1. The van der Waals surface area contributed by atoms with Crippen molar-refractivity contribution in [2.75, 3.05) is 12.3 Å². The summed E-state index contributed by atoms with van der Waals surface area (Å²) in [5.41, 5.74) is 7.87. The minimum Gasteiger partial charge on any atom is -0.399 e. The van der Waals surface area contributed by atoms with Crippen molar-refractivity contribution in [3.05, 3.63) is 29.3 Å². The molecule has 0 aliphatic carbocycles. The van der Waals surface area contributed by atoms with E-state index < -0.39 is 0 Å². The molecule has 0 saturated carbocycles. The van der Waals surface area contributed by atoms with E-state index in [0.717, 1.165) is 5.56 Å². The number of aryl methyl sites for hydroxylation is 1. The molecule has 0 heterocycles. The summed E-state index contributed by atoms with van der Waals surface area (Å²) in [6.07, 6.45) is 0. The summed E-state index contributed by atoms with van der Waals surface area (Å²) >= 11 is 0. The van der Waals surface area contributed by atoms with Crippen LogP contribution in [0.25, 0.3) is 0 Å². The second kappa shape index (κ2) is 6.38. The lowest BCUT2D eigenvalue weighted by atomic mass is 10.1. The molecule has 16 heavy (non-hydrogen) atoms. The molecular formula is C12H19ClN2O. The van der Waals surface area contributed by atoms with Gasteiger partial charge in [-0.2, -0.15) is 0 Å². The molecule has 1 aromatic carbocycles. The van der Waals surface area contributed by atoms with E-state index in [1.54, 1.807) is 12.1 Å². The first-order valence-electron chi connectivity index (χ1n) is 5.15. The molecule has 0 unspecified atom stereocenters. The lowest BCUT2D eigenvalue weighted by Crippen LogP contribution is -2.27. The summed E-state index contributed by atoms with van der Waals surface area (Å²) in [6, 6.07) is 5.37. The molecule has 0 radical (unpaired) electrons. The first kappa shape index (κ1) is 14.8. The molecule has 0 aliphatic heterocycles. The first-order valence-corrected chi connectivity index (χ1v) is 5.15. The van der Waals surface area contributed by atoms with Crippen LogP contribution in [0.15, 0.2) is 18.2 Å². The zero-order valence-corrected chi connectivity index (χ0v) is 10.7. The Morgan fingerprint density at radius 2 is 2.06 bits per heavy atom. The van der Waals surface area contributed by atoms with Gasteiger partial charge in [0.25, 0.3) is 5.91 Å². The first-order chi connectivity index (χ1) is 7.00. The number of nitrogens with one attached hydrogen (secondary N) is 1. The third-order valence-electron chi connectivity index (χ3n) is 2.18. The van der Waals surface area contributed by atoms with Gasteiger partial charge in [-0.1, -0.05) is 19.9 Å². The fourth-order valence-corrected chi connectivity index (χ4v) is 1.28. The van der Waals surface area contributed by atoms with E-state index >= 15 is 0 Å². The van der Waals surface area contributed by atoms with E-state index in [1.807, 2.05) is 13.0 Å². The van der Waals surface area contributed by atoms with Crippen molar-refractivity contribution in [1.82, 2.24) is 5.32 Å². The van der Waals surface area contributed by atoms with Crippen LogP contribution < -0.4 is 11.1 Å². The molecule has 1 aromatic rings. The normalized spacial score (nSPS) is 9.75. The number of hydrogen-bond donors (Lipinski definition) is 2. The van der Waals surface area contributed by atoms with E-state index in [1.165, 1.54) is 0 Å². The van der Waals surface area contributed by atoms with Crippen LogP contribution >= 0.6 is 12.4 Å². The highest BCUT2D eigenvalue weighted by molar-refractivity contribution is 5.96. The molecule has 4 heteroatoms. The molecule has 0 aliphatic rings. The Kier molecular flexibility index (Phi) is 5.89. The predicted octanol–water partition coefficient (Wildman–Crippen LogP) is 2.38. The van der Waals surface area contributed by atoms with Crippen LogP contribution in [0.4, 0.5) is 5.69 Å². The van der Waals surface area contributed by atoms with Crippen LogP contribution in [0.1, 0.15) is 29.8 Å². The highest BCUT2D eigenvalue weighted by atomic mass is 35.5. The van der Waals surface area contributed by atoms with Crippen LogP contribution in [-0.4, -0.2) is 12.5 Å². The van der Waals surface area contributed by atoms with Gasteiger partial charge in [0.1, 0.15) is 0 Å². The van der Waals surface area contributed by atoms with Gasteiger partial charge in [0, 0.05) is 17.8 Å². The maximum absolute atomic E-state index is 11.8. The average molecular weight is 243 g/mol. The Hall–Kier alpha value is -1.22. The molecule has 0 saturated heterocycles. The van der Waals surface area contributed by atoms with Crippen molar-refractivity contribution in [1.29, 1.82) is 0 Å². The number of nitrogens with two attached hydrogens (primary N) is 1. The van der Waals surface area contributed by atoms with Crippen molar-refractivity contribution in [2.24, 2.45) is 5.92 Å². The monoisotopic (exact) mass is 242 g/mol. The van der Waals surface area contributed by atoms with Crippen molar-refractivity contribution in [2.45, 2.75) is 20.8 Å². The van der Waals surface area contributed by atoms with Gasteiger partial charge in [0.05, 0.1) is 0 Å². The maximum Gasteiger partial charge on any atom is 0.251 e. The lowest BCUT2D eigenvalue weighted by molar-refractivity contribution is 0.0948. The van der Waals surface area contributed by atoms with Crippen LogP contribution in [0.2, 0.25) is 0 Å². The van der Waals surface area contributed by atoms with E-state index in [9.17, 15) is 4.79 Å². The molecule has 3 nitrogen and oxygen atoms in total. The Labute approximate surface area is 103 Å². The summed E-state index contributed by atoms with van der Waals surface area (Å²) in [7, 11) is 0. The highest BCUT2D eigenvalue weighted by Gasteiger charge is 2.08. The Bertz CT molecular complexity index is 364. The topological polar surface area (TPSA) is 55.1 Å². The second-order valence-electron chi connectivity index (χ2n) is 4.18. The van der Waals surface area contributed by atoms with Crippen LogP contribution in [0.5, 0.6) is 0 Å². The molecule has 0 atom stereocenters. The fraction of sp³-hybridized carbons (Fsp3) is 0.417. The van der Waals surface area contributed by atoms with Gasteiger partial charge < -0.3 is 11.1 Å². The lowest BCUT2D eigenvalue weighted by Gasteiger charge is -2.10. The minimum atomic E-state index is -0.0477. The zero-order valence-electron chi connectivity index (χ0n) is 9.91. The van der Waals surface area contributed by atoms with Crippen LogP contribution in [-0.2, 0) is 0 Å². The Morgan fingerprint density at radius 1 is 1.44 bits per heavy atom. The molecule has 1 rings (SSSR count). The number of carbonyl (C=O) groups excluding carboxylic acids is 1. The second-order valence-corrected chi connectivity index (χ2v) is 4.18. The minimum absolute atomic E-state index is 0. The molecule has 0 spiro atoms. The number of nitrogen functional groups attached to an aromatic ring is 1. The number of carbonyl (C=O) groups is 1. The maximum atomic E-state index is 11.8. The van der Waals surface area contributed by atoms with Gasteiger partial charge in [-0.25, -0.2) is 0 Å². The van der Waals surface area contributed by atoms with Crippen molar-refractivity contribution >= 4 is 24.0 Å². The molecule has 3 N–H and O–H groups in total. The van der Waals surface area contributed by atoms with Crippen molar-refractivity contribution in [3.8, 4) is 0 Å². The van der Waals surface area contributed by atoms with Gasteiger partial charge in [0.15, 0.2) is 0 Å². The summed E-state index contributed by atoms with van der Waals surface area (Å²) in [4.78, 5) is 11.8.